The van der Waals surface area contributed by atoms with Gasteiger partial charge < -0.3 is 9.64 Å². The number of piperazine rings is 1. The first-order valence-corrected chi connectivity index (χ1v) is 12.6. The van der Waals surface area contributed by atoms with Gasteiger partial charge in [0.25, 0.3) is 0 Å². The van der Waals surface area contributed by atoms with E-state index in [2.05, 4.69) is 66.1 Å². The molecule has 3 fully saturated rings. The van der Waals surface area contributed by atoms with Gasteiger partial charge in [-0.3, -0.25) is 14.7 Å². The number of thioether (sulfide) groups is 1. The van der Waals surface area contributed by atoms with Crippen molar-refractivity contribution in [3.05, 3.63) is 0 Å². The molecule has 4 unspecified atom stereocenters. The summed E-state index contributed by atoms with van der Waals surface area (Å²) in [7, 11) is 2.23. The van der Waals surface area contributed by atoms with Gasteiger partial charge in [0, 0.05) is 81.5 Å². The molecule has 0 amide bonds. The smallest absolute Gasteiger partial charge is 0.0717 e. The summed E-state index contributed by atoms with van der Waals surface area (Å²) in [6.07, 6.45) is 2.89. The van der Waals surface area contributed by atoms with Gasteiger partial charge in [-0.05, 0) is 47.6 Å². The topological polar surface area (TPSA) is 22.2 Å². The summed E-state index contributed by atoms with van der Waals surface area (Å²) in [5.74, 6) is 1.30. The minimum Gasteiger partial charge on any atom is -0.375 e. The lowest BCUT2D eigenvalue weighted by molar-refractivity contribution is -0.0563. The fourth-order valence-corrected chi connectivity index (χ4v) is 6.35. The maximum Gasteiger partial charge on any atom is 0.0717 e. The third kappa shape index (κ3) is 6.58. The Labute approximate surface area is 178 Å². The molecule has 4 atom stereocenters. The van der Waals surface area contributed by atoms with E-state index < -0.39 is 0 Å². The molecule has 0 saturated carbocycles. The number of hydrogen-bond acceptors (Lipinski definition) is 6. The predicted octanol–water partition coefficient (Wildman–Crippen LogP) is 2.32. The van der Waals surface area contributed by atoms with Crippen LogP contribution >= 0.6 is 11.8 Å². The quantitative estimate of drug-likeness (QED) is 0.636. The van der Waals surface area contributed by atoms with Crippen molar-refractivity contribution in [3.63, 3.8) is 0 Å². The van der Waals surface area contributed by atoms with Crippen LogP contribution in [0.4, 0.5) is 0 Å². The van der Waals surface area contributed by atoms with Crippen LogP contribution in [-0.2, 0) is 4.74 Å². The van der Waals surface area contributed by atoms with Crippen molar-refractivity contribution in [3.8, 4) is 0 Å². The normalized spacial score (nSPS) is 31.9. The Bertz CT molecular complexity index is 458. The van der Waals surface area contributed by atoms with Crippen LogP contribution in [0.15, 0.2) is 0 Å². The van der Waals surface area contributed by atoms with Gasteiger partial charge in [-0.25, -0.2) is 0 Å². The fourth-order valence-electron chi connectivity index (χ4n) is 4.96. The average Bonchev–Trinajstić information content (AvgIpc) is 2.69. The molecule has 0 radical (unpaired) electrons. The standard InChI is InChI=1S/C22H44N4OS/c1-18(2)25-11-13-28-22(17-25)15-20(4)26-10-12-27-21(16-26)14-19(3)24-8-6-23(5)7-9-24/h18-22H,6-17H2,1-5H3. The average molecular weight is 413 g/mol. The molecule has 3 saturated heterocycles. The largest absolute Gasteiger partial charge is 0.375 e. The van der Waals surface area contributed by atoms with Crippen molar-refractivity contribution in [1.82, 2.24) is 19.6 Å². The summed E-state index contributed by atoms with van der Waals surface area (Å²) in [4.78, 5) is 10.5. The number of likely N-dealkylation sites (N-methyl/N-ethyl adjacent to an activating group) is 1. The van der Waals surface area contributed by atoms with Crippen molar-refractivity contribution in [2.24, 2.45) is 0 Å². The van der Waals surface area contributed by atoms with E-state index in [9.17, 15) is 0 Å². The van der Waals surface area contributed by atoms with Crippen LogP contribution in [-0.4, -0.2) is 121 Å². The molecule has 0 bridgehead atoms. The van der Waals surface area contributed by atoms with Crippen molar-refractivity contribution in [1.29, 1.82) is 0 Å². The van der Waals surface area contributed by atoms with Crippen LogP contribution in [0.1, 0.15) is 40.5 Å². The molecule has 3 aliphatic heterocycles. The van der Waals surface area contributed by atoms with Crippen LogP contribution in [0.2, 0.25) is 0 Å². The maximum atomic E-state index is 6.19. The second-order valence-corrected chi connectivity index (χ2v) is 11.0. The highest BCUT2D eigenvalue weighted by atomic mass is 32.2. The molecule has 5 nitrogen and oxygen atoms in total. The lowest BCUT2D eigenvalue weighted by Gasteiger charge is -2.42. The van der Waals surface area contributed by atoms with Gasteiger partial charge in [-0.15, -0.1) is 0 Å². The van der Waals surface area contributed by atoms with E-state index in [1.807, 2.05) is 0 Å². The first-order chi connectivity index (χ1) is 13.4. The third-order valence-electron chi connectivity index (χ3n) is 7.06. The second kappa shape index (κ2) is 11.0. The first-order valence-electron chi connectivity index (χ1n) is 11.6. The van der Waals surface area contributed by atoms with Crippen molar-refractivity contribution < 1.29 is 4.74 Å². The molecule has 6 heteroatoms. The van der Waals surface area contributed by atoms with E-state index in [-0.39, 0.29) is 0 Å². The van der Waals surface area contributed by atoms with E-state index in [1.54, 1.807) is 0 Å². The lowest BCUT2D eigenvalue weighted by Crippen LogP contribution is -2.52. The summed E-state index contributed by atoms with van der Waals surface area (Å²) < 4.78 is 6.19. The van der Waals surface area contributed by atoms with Gasteiger partial charge in [0.15, 0.2) is 0 Å². The Balaban J connectivity index is 1.43. The molecule has 164 valence electrons. The molecule has 0 N–H and O–H groups in total. The van der Waals surface area contributed by atoms with Crippen molar-refractivity contribution >= 4 is 11.8 Å². The van der Waals surface area contributed by atoms with Gasteiger partial charge in [-0.1, -0.05) is 0 Å². The highest BCUT2D eigenvalue weighted by molar-refractivity contribution is 8.00. The van der Waals surface area contributed by atoms with Gasteiger partial charge in [0.05, 0.1) is 12.7 Å². The van der Waals surface area contributed by atoms with Crippen LogP contribution in [0.25, 0.3) is 0 Å². The number of ether oxygens (including phenoxy) is 1. The minimum atomic E-state index is 0.400. The summed E-state index contributed by atoms with van der Waals surface area (Å²) >= 11 is 2.20. The minimum absolute atomic E-state index is 0.400. The second-order valence-electron chi connectivity index (χ2n) is 9.58. The molecule has 0 aromatic heterocycles. The Morgan fingerprint density at radius 2 is 1.54 bits per heavy atom. The van der Waals surface area contributed by atoms with Crippen LogP contribution < -0.4 is 0 Å². The Hall–Kier alpha value is 0.150. The molecule has 0 aromatic rings. The molecular formula is C22H44N4OS. The van der Waals surface area contributed by atoms with Crippen LogP contribution in [0, 0.1) is 0 Å². The highest BCUT2D eigenvalue weighted by Crippen LogP contribution is 2.26. The van der Waals surface area contributed by atoms with E-state index in [0.717, 1.165) is 24.9 Å². The molecule has 0 spiro atoms. The van der Waals surface area contributed by atoms with E-state index >= 15 is 0 Å². The Morgan fingerprint density at radius 3 is 2.25 bits per heavy atom. The summed E-state index contributed by atoms with van der Waals surface area (Å²) in [6.45, 7) is 20.0. The van der Waals surface area contributed by atoms with Gasteiger partial charge >= 0.3 is 0 Å². The van der Waals surface area contributed by atoms with Crippen molar-refractivity contribution in [2.45, 2.75) is 70.0 Å². The fraction of sp³-hybridized carbons (Fsp3) is 1.00. The first kappa shape index (κ1) is 22.8. The molecular weight excluding hydrogens is 368 g/mol. The van der Waals surface area contributed by atoms with Gasteiger partial charge in [0.2, 0.25) is 0 Å². The zero-order valence-electron chi connectivity index (χ0n) is 19.0. The number of nitrogens with zero attached hydrogens (tertiary/aromatic N) is 4. The van der Waals surface area contributed by atoms with Crippen molar-refractivity contribution in [2.75, 3.05) is 71.8 Å². The summed E-state index contributed by atoms with van der Waals surface area (Å²) in [5.41, 5.74) is 0. The van der Waals surface area contributed by atoms with Gasteiger partial charge in [-0.2, -0.15) is 11.8 Å². The molecule has 3 rings (SSSR count). The number of rotatable bonds is 7. The third-order valence-corrected chi connectivity index (χ3v) is 8.29. The predicted molar refractivity (Wildman–Crippen MR) is 121 cm³/mol. The number of morpholine rings is 1. The van der Waals surface area contributed by atoms with E-state index in [1.165, 1.54) is 57.9 Å². The van der Waals surface area contributed by atoms with E-state index in [4.69, 9.17) is 4.74 Å². The zero-order valence-corrected chi connectivity index (χ0v) is 19.8. The van der Waals surface area contributed by atoms with Crippen LogP contribution in [0.3, 0.4) is 0 Å². The Morgan fingerprint density at radius 1 is 0.821 bits per heavy atom. The number of hydrogen-bond donors (Lipinski definition) is 0. The zero-order chi connectivity index (χ0) is 20.1. The molecule has 0 aliphatic carbocycles. The molecule has 3 aliphatic rings. The maximum absolute atomic E-state index is 6.19. The highest BCUT2D eigenvalue weighted by Gasteiger charge is 2.30. The molecule has 3 heterocycles. The van der Waals surface area contributed by atoms with Crippen LogP contribution in [0.5, 0.6) is 0 Å². The summed E-state index contributed by atoms with van der Waals surface area (Å²) in [5, 5.41) is 0.789. The van der Waals surface area contributed by atoms with E-state index in [0.29, 0.717) is 24.2 Å². The Kier molecular flexibility index (Phi) is 8.94. The summed E-state index contributed by atoms with van der Waals surface area (Å²) in [6, 6.07) is 1.97. The van der Waals surface area contributed by atoms with Gasteiger partial charge in [0.1, 0.15) is 0 Å². The monoisotopic (exact) mass is 412 g/mol. The molecule has 28 heavy (non-hydrogen) atoms. The lowest BCUT2D eigenvalue weighted by atomic mass is 10.0. The SMILES string of the molecule is CC(C)N1CCSC(CC(C)N2CCOC(CC(C)N3CCN(C)CC3)C2)C1. The molecule has 0 aromatic carbocycles.